The van der Waals surface area contributed by atoms with Crippen molar-refractivity contribution in [2.75, 3.05) is 10.6 Å². The van der Waals surface area contributed by atoms with Gasteiger partial charge in [-0.15, -0.1) is 0 Å². The van der Waals surface area contributed by atoms with Gasteiger partial charge in [0.15, 0.2) is 5.11 Å². The van der Waals surface area contributed by atoms with Gasteiger partial charge in [-0.1, -0.05) is 23.7 Å². The number of anilines is 2. The van der Waals surface area contributed by atoms with E-state index in [2.05, 4.69) is 38.5 Å². The molecule has 2 amide bonds. The Morgan fingerprint density at radius 1 is 0.793 bits per heavy atom. The molecule has 29 heavy (non-hydrogen) atoms. The van der Waals surface area contributed by atoms with Gasteiger partial charge in [-0.25, -0.2) is 0 Å². The SMILES string of the molecule is O=C(NC(=S)Nc1ccc(NC(=O)c2cccc(Cl)c2)cc1)c1cccc(I)c1. The van der Waals surface area contributed by atoms with Crippen LogP contribution in [0, 0.1) is 3.57 Å². The molecule has 0 aliphatic heterocycles. The van der Waals surface area contributed by atoms with Gasteiger partial charge in [-0.05, 0) is 95.5 Å². The van der Waals surface area contributed by atoms with Gasteiger partial charge in [0.25, 0.3) is 11.8 Å². The molecule has 8 heteroatoms. The summed E-state index contributed by atoms with van der Waals surface area (Å²) in [5.41, 5.74) is 2.30. The van der Waals surface area contributed by atoms with Gasteiger partial charge in [0.05, 0.1) is 0 Å². The van der Waals surface area contributed by atoms with Gasteiger partial charge < -0.3 is 10.6 Å². The third kappa shape index (κ3) is 6.25. The van der Waals surface area contributed by atoms with E-state index in [-0.39, 0.29) is 16.9 Å². The molecule has 0 saturated carbocycles. The Labute approximate surface area is 192 Å². The minimum Gasteiger partial charge on any atom is -0.332 e. The second-order valence-corrected chi connectivity index (χ2v) is 8.05. The van der Waals surface area contributed by atoms with E-state index in [1.165, 1.54) is 0 Å². The number of carbonyl (C=O) groups is 2. The first kappa shape index (κ1) is 21.2. The van der Waals surface area contributed by atoms with E-state index in [1.54, 1.807) is 60.7 Å². The third-order valence-corrected chi connectivity index (χ3v) is 4.91. The summed E-state index contributed by atoms with van der Waals surface area (Å²) in [6, 6.07) is 20.9. The van der Waals surface area contributed by atoms with Gasteiger partial charge in [0.1, 0.15) is 0 Å². The number of carbonyl (C=O) groups excluding carboxylic acids is 2. The number of hydrogen-bond acceptors (Lipinski definition) is 3. The first-order valence-corrected chi connectivity index (χ1v) is 10.3. The molecule has 0 atom stereocenters. The number of amides is 2. The minimum absolute atomic E-state index is 0.185. The van der Waals surface area contributed by atoms with Crippen LogP contribution in [0.5, 0.6) is 0 Å². The molecular formula is C21H15ClIN3O2S. The van der Waals surface area contributed by atoms with E-state index >= 15 is 0 Å². The maximum atomic E-state index is 12.3. The normalized spacial score (nSPS) is 10.1. The lowest BCUT2D eigenvalue weighted by Gasteiger charge is -2.11. The van der Waals surface area contributed by atoms with Gasteiger partial charge in [-0.3, -0.25) is 14.9 Å². The monoisotopic (exact) mass is 535 g/mol. The molecule has 0 unspecified atom stereocenters. The van der Waals surface area contributed by atoms with Crippen LogP contribution in [0.15, 0.2) is 72.8 Å². The quantitative estimate of drug-likeness (QED) is 0.312. The minimum atomic E-state index is -0.286. The lowest BCUT2D eigenvalue weighted by Crippen LogP contribution is -2.34. The van der Waals surface area contributed by atoms with Crippen molar-refractivity contribution < 1.29 is 9.59 Å². The number of hydrogen-bond donors (Lipinski definition) is 3. The number of thiocarbonyl (C=S) groups is 1. The van der Waals surface area contributed by atoms with Crippen LogP contribution >= 0.6 is 46.4 Å². The van der Waals surface area contributed by atoms with Gasteiger partial charge in [-0.2, -0.15) is 0 Å². The van der Waals surface area contributed by atoms with Gasteiger partial charge >= 0.3 is 0 Å². The van der Waals surface area contributed by atoms with Crippen LogP contribution in [-0.4, -0.2) is 16.9 Å². The number of nitrogens with one attached hydrogen (secondary N) is 3. The predicted octanol–water partition coefficient (Wildman–Crippen LogP) is 5.32. The highest BCUT2D eigenvalue weighted by molar-refractivity contribution is 14.1. The molecule has 146 valence electrons. The fourth-order valence-electron chi connectivity index (χ4n) is 2.44. The van der Waals surface area contributed by atoms with Gasteiger partial charge in [0.2, 0.25) is 0 Å². The lowest BCUT2D eigenvalue weighted by molar-refractivity contribution is 0.0976. The zero-order chi connectivity index (χ0) is 20.8. The molecule has 0 heterocycles. The van der Waals surface area contributed by atoms with Crippen LogP contribution in [0.1, 0.15) is 20.7 Å². The second kappa shape index (κ2) is 9.82. The molecular weight excluding hydrogens is 521 g/mol. The number of benzene rings is 3. The van der Waals surface area contributed by atoms with Crippen molar-refractivity contribution in [3.63, 3.8) is 0 Å². The highest BCUT2D eigenvalue weighted by Gasteiger charge is 2.09. The molecule has 3 aromatic carbocycles. The molecule has 3 aromatic rings. The molecule has 0 saturated heterocycles. The smallest absolute Gasteiger partial charge is 0.257 e. The molecule has 0 bridgehead atoms. The Kier molecular flexibility index (Phi) is 7.18. The first-order chi connectivity index (χ1) is 13.9. The highest BCUT2D eigenvalue weighted by atomic mass is 127. The van der Waals surface area contributed by atoms with E-state index in [1.807, 2.05) is 12.1 Å². The second-order valence-electron chi connectivity index (χ2n) is 5.96. The average Bonchev–Trinajstić information content (AvgIpc) is 2.69. The summed E-state index contributed by atoms with van der Waals surface area (Å²) in [6.45, 7) is 0. The topological polar surface area (TPSA) is 70.2 Å². The Morgan fingerprint density at radius 3 is 2.00 bits per heavy atom. The highest BCUT2D eigenvalue weighted by Crippen LogP contribution is 2.16. The van der Waals surface area contributed by atoms with E-state index < -0.39 is 0 Å². The fraction of sp³-hybridized carbons (Fsp3) is 0. The summed E-state index contributed by atoms with van der Waals surface area (Å²) >= 11 is 13.3. The first-order valence-electron chi connectivity index (χ1n) is 8.45. The van der Waals surface area contributed by atoms with Crippen LogP contribution in [0.25, 0.3) is 0 Å². The summed E-state index contributed by atoms with van der Waals surface area (Å²) in [5.74, 6) is -0.542. The van der Waals surface area contributed by atoms with Gasteiger partial charge in [0, 0.05) is 31.1 Å². The lowest BCUT2D eigenvalue weighted by atomic mass is 10.2. The fourth-order valence-corrected chi connectivity index (χ4v) is 3.38. The standard InChI is InChI=1S/C21H15ClIN3O2S/c22-15-5-1-3-13(11-15)19(27)24-17-7-9-18(10-8-17)25-21(29)26-20(28)14-4-2-6-16(23)12-14/h1-12H,(H,24,27)(H2,25,26,28,29). The molecule has 0 spiro atoms. The summed E-state index contributed by atoms with van der Waals surface area (Å²) in [5, 5.41) is 9.06. The maximum Gasteiger partial charge on any atom is 0.257 e. The van der Waals surface area contributed by atoms with Crippen LogP contribution < -0.4 is 16.0 Å². The Morgan fingerprint density at radius 2 is 1.38 bits per heavy atom. The Bertz CT molecular complexity index is 1070. The Hall–Kier alpha value is -2.49. The zero-order valence-electron chi connectivity index (χ0n) is 14.9. The third-order valence-electron chi connectivity index (χ3n) is 3.80. The molecule has 0 aromatic heterocycles. The van der Waals surface area contributed by atoms with E-state index in [0.717, 1.165) is 3.57 Å². The van der Waals surface area contributed by atoms with Crippen molar-refractivity contribution in [3.8, 4) is 0 Å². The van der Waals surface area contributed by atoms with Crippen molar-refractivity contribution >= 4 is 74.7 Å². The van der Waals surface area contributed by atoms with Crippen LogP contribution in [-0.2, 0) is 0 Å². The van der Waals surface area contributed by atoms with Crippen LogP contribution in [0.3, 0.4) is 0 Å². The maximum absolute atomic E-state index is 12.3. The summed E-state index contributed by atoms with van der Waals surface area (Å²) in [4.78, 5) is 24.5. The van der Waals surface area contributed by atoms with Crippen molar-refractivity contribution in [1.82, 2.24) is 5.32 Å². The predicted molar refractivity (Wildman–Crippen MR) is 129 cm³/mol. The largest absolute Gasteiger partial charge is 0.332 e. The molecule has 3 rings (SSSR count). The van der Waals surface area contributed by atoms with E-state index in [0.29, 0.717) is 27.5 Å². The van der Waals surface area contributed by atoms with Crippen molar-refractivity contribution in [3.05, 3.63) is 92.5 Å². The van der Waals surface area contributed by atoms with E-state index in [9.17, 15) is 9.59 Å². The average molecular weight is 536 g/mol. The van der Waals surface area contributed by atoms with Crippen LogP contribution in [0.2, 0.25) is 5.02 Å². The summed E-state index contributed by atoms with van der Waals surface area (Å²) < 4.78 is 0.963. The Balaban J connectivity index is 1.56. The summed E-state index contributed by atoms with van der Waals surface area (Å²) in [6.07, 6.45) is 0. The number of rotatable bonds is 4. The molecule has 0 aliphatic rings. The van der Waals surface area contributed by atoms with Crippen molar-refractivity contribution in [2.45, 2.75) is 0 Å². The zero-order valence-corrected chi connectivity index (χ0v) is 18.6. The van der Waals surface area contributed by atoms with E-state index in [4.69, 9.17) is 23.8 Å². The van der Waals surface area contributed by atoms with Crippen molar-refractivity contribution in [1.29, 1.82) is 0 Å². The van der Waals surface area contributed by atoms with Crippen LogP contribution in [0.4, 0.5) is 11.4 Å². The molecule has 5 nitrogen and oxygen atoms in total. The molecule has 0 radical (unpaired) electrons. The molecule has 0 aliphatic carbocycles. The molecule has 0 fully saturated rings. The number of halogens is 2. The summed E-state index contributed by atoms with van der Waals surface area (Å²) in [7, 11) is 0. The van der Waals surface area contributed by atoms with Crippen molar-refractivity contribution in [2.24, 2.45) is 0 Å². The molecule has 3 N–H and O–H groups in total.